The van der Waals surface area contributed by atoms with Gasteiger partial charge in [-0.15, -0.1) is 0 Å². The zero-order valence-corrected chi connectivity index (χ0v) is 13.5. The average Bonchev–Trinajstić information content (AvgIpc) is 2.88. The minimum Gasteiger partial charge on any atom is -0.475 e. The summed E-state index contributed by atoms with van der Waals surface area (Å²) in [4.78, 5) is 8.90. The molecule has 2 atom stereocenters. The van der Waals surface area contributed by atoms with Crippen LogP contribution in [-0.4, -0.2) is 35.9 Å². The molecular formula is C17H20F3NO3. The highest BCUT2D eigenvalue weighted by Crippen LogP contribution is 2.42. The van der Waals surface area contributed by atoms with Crippen molar-refractivity contribution in [3.05, 3.63) is 41.5 Å². The van der Waals surface area contributed by atoms with Gasteiger partial charge in [0.15, 0.2) is 0 Å². The number of rotatable bonds is 1. The molecule has 2 heterocycles. The highest BCUT2D eigenvalue weighted by Gasteiger charge is 2.44. The van der Waals surface area contributed by atoms with E-state index >= 15 is 0 Å². The number of ether oxygens (including phenoxy) is 1. The van der Waals surface area contributed by atoms with Crippen molar-refractivity contribution in [3.8, 4) is 0 Å². The molecule has 0 amide bonds. The third-order valence-electron chi connectivity index (χ3n) is 4.40. The quantitative estimate of drug-likeness (QED) is 0.821. The summed E-state index contributed by atoms with van der Waals surface area (Å²) in [5.41, 5.74) is 5.15. The molecular weight excluding hydrogens is 323 g/mol. The summed E-state index contributed by atoms with van der Waals surface area (Å²) in [6.45, 7) is 11.0. The van der Waals surface area contributed by atoms with Crippen LogP contribution in [0.25, 0.3) is 5.57 Å². The van der Waals surface area contributed by atoms with Crippen LogP contribution in [0.4, 0.5) is 13.2 Å². The fourth-order valence-corrected chi connectivity index (χ4v) is 3.12. The summed E-state index contributed by atoms with van der Waals surface area (Å²) >= 11 is 0. The van der Waals surface area contributed by atoms with Gasteiger partial charge in [0.1, 0.15) is 0 Å². The Bertz CT molecular complexity index is 657. The summed E-state index contributed by atoms with van der Waals surface area (Å²) < 4.78 is 37.8. The van der Waals surface area contributed by atoms with E-state index in [1.165, 1.54) is 16.7 Å². The van der Waals surface area contributed by atoms with Gasteiger partial charge in [0.2, 0.25) is 0 Å². The molecule has 132 valence electrons. The van der Waals surface area contributed by atoms with E-state index < -0.39 is 12.1 Å². The number of carboxylic acids is 1. The zero-order valence-electron chi connectivity index (χ0n) is 13.5. The number of halogens is 3. The Balaban J connectivity index is 0.000000256. The lowest BCUT2D eigenvalue weighted by Gasteiger charge is -2.38. The second kappa shape index (κ2) is 6.57. The van der Waals surface area contributed by atoms with E-state index in [0.717, 1.165) is 18.7 Å². The Kier molecular flexibility index (Phi) is 5.05. The first-order chi connectivity index (χ1) is 11.1. The lowest BCUT2D eigenvalue weighted by Crippen LogP contribution is -2.40. The Hall–Kier alpha value is -1.86. The number of allylic oxidation sites excluding steroid dienone is 1. The lowest BCUT2D eigenvalue weighted by atomic mass is 9.79. The number of nitrogens with one attached hydrogen (secondary N) is 1. The predicted molar refractivity (Wildman–Crippen MR) is 83.6 cm³/mol. The maximum Gasteiger partial charge on any atom is 0.490 e. The predicted octanol–water partition coefficient (Wildman–Crippen LogP) is 3.33. The van der Waals surface area contributed by atoms with Crippen molar-refractivity contribution in [2.75, 3.05) is 13.1 Å². The van der Waals surface area contributed by atoms with Gasteiger partial charge < -0.3 is 15.2 Å². The number of alkyl halides is 3. The molecule has 2 aliphatic heterocycles. The average molecular weight is 343 g/mol. The first-order valence-electron chi connectivity index (χ1n) is 7.48. The van der Waals surface area contributed by atoms with E-state index in [1.54, 1.807) is 0 Å². The monoisotopic (exact) mass is 343 g/mol. The van der Waals surface area contributed by atoms with Crippen molar-refractivity contribution < 1.29 is 27.8 Å². The molecule has 1 saturated heterocycles. The summed E-state index contributed by atoms with van der Waals surface area (Å²) in [7, 11) is 0. The number of hydrogen-bond acceptors (Lipinski definition) is 3. The highest BCUT2D eigenvalue weighted by molar-refractivity contribution is 5.73. The van der Waals surface area contributed by atoms with Gasteiger partial charge in [-0.05, 0) is 30.5 Å². The Labute approximate surface area is 138 Å². The van der Waals surface area contributed by atoms with Crippen molar-refractivity contribution in [2.24, 2.45) is 0 Å². The first kappa shape index (κ1) is 18.5. The van der Waals surface area contributed by atoms with Gasteiger partial charge in [0.25, 0.3) is 0 Å². The summed E-state index contributed by atoms with van der Waals surface area (Å²) in [5, 5.41) is 10.6. The van der Waals surface area contributed by atoms with Crippen LogP contribution in [0.2, 0.25) is 0 Å². The molecule has 2 N–H and O–H groups in total. The fraction of sp³-hybridized carbons (Fsp3) is 0.471. The lowest BCUT2D eigenvalue weighted by molar-refractivity contribution is -0.192. The van der Waals surface area contributed by atoms with Crippen LogP contribution >= 0.6 is 0 Å². The van der Waals surface area contributed by atoms with Gasteiger partial charge in [-0.25, -0.2) is 4.79 Å². The smallest absolute Gasteiger partial charge is 0.475 e. The maximum absolute atomic E-state index is 10.6. The number of hydrogen-bond donors (Lipinski definition) is 2. The topological polar surface area (TPSA) is 58.6 Å². The maximum atomic E-state index is 10.6. The van der Waals surface area contributed by atoms with Gasteiger partial charge in [-0.1, -0.05) is 30.4 Å². The molecule has 0 unspecified atom stereocenters. The van der Waals surface area contributed by atoms with E-state index in [2.05, 4.69) is 43.9 Å². The van der Waals surface area contributed by atoms with Crippen LogP contribution in [0.1, 0.15) is 36.5 Å². The van der Waals surface area contributed by atoms with Crippen molar-refractivity contribution >= 4 is 11.5 Å². The minimum atomic E-state index is -5.08. The number of carboxylic acid groups (broad SMARTS) is 1. The molecule has 24 heavy (non-hydrogen) atoms. The van der Waals surface area contributed by atoms with E-state index in [0.29, 0.717) is 12.5 Å². The Morgan fingerprint density at radius 1 is 1.46 bits per heavy atom. The molecule has 0 saturated carbocycles. The third kappa shape index (κ3) is 3.62. The van der Waals surface area contributed by atoms with Crippen LogP contribution in [0.3, 0.4) is 0 Å². The van der Waals surface area contributed by atoms with Gasteiger partial charge in [-0.3, -0.25) is 0 Å². The SMILES string of the molecule is C=C(C)c1cccc2c1CO[C@@]1(C)CNC[C@H]21.O=C(O)C(F)(F)F. The van der Waals surface area contributed by atoms with Crippen molar-refractivity contribution in [3.63, 3.8) is 0 Å². The molecule has 0 radical (unpaired) electrons. The fourth-order valence-electron chi connectivity index (χ4n) is 3.12. The number of aliphatic carboxylic acids is 1. The van der Waals surface area contributed by atoms with Gasteiger partial charge >= 0.3 is 12.1 Å². The van der Waals surface area contributed by atoms with E-state index in [4.69, 9.17) is 14.6 Å². The number of carbonyl (C=O) groups is 1. The molecule has 1 fully saturated rings. The zero-order chi connectivity index (χ0) is 18.1. The van der Waals surface area contributed by atoms with Gasteiger partial charge in [0, 0.05) is 19.0 Å². The molecule has 0 aliphatic carbocycles. The molecule has 0 aromatic heterocycles. The summed E-state index contributed by atoms with van der Waals surface area (Å²) in [6.07, 6.45) is -5.08. The molecule has 7 heteroatoms. The standard InChI is InChI=1S/C15H19NO.C2HF3O2/c1-10(2)11-5-4-6-12-13(11)8-17-15(3)9-16-7-14(12)15;3-2(4,5)1(6)7/h4-6,14,16H,1,7-9H2,2-3H3;(H,6,7)/t14-,15+;/m1./s1. The molecule has 2 aliphatic rings. The van der Waals surface area contributed by atoms with E-state index in [9.17, 15) is 13.2 Å². The minimum absolute atomic E-state index is 0.0271. The van der Waals surface area contributed by atoms with Gasteiger partial charge in [-0.2, -0.15) is 13.2 Å². The largest absolute Gasteiger partial charge is 0.490 e. The molecule has 1 aromatic carbocycles. The third-order valence-corrected chi connectivity index (χ3v) is 4.40. The van der Waals surface area contributed by atoms with E-state index in [-0.39, 0.29) is 5.60 Å². The van der Waals surface area contributed by atoms with Gasteiger partial charge in [0.05, 0.1) is 12.2 Å². The van der Waals surface area contributed by atoms with Crippen LogP contribution < -0.4 is 5.32 Å². The van der Waals surface area contributed by atoms with Crippen LogP contribution in [0.15, 0.2) is 24.8 Å². The molecule has 0 spiro atoms. The molecule has 0 bridgehead atoms. The number of fused-ring (bicyclic) bond motifs is 3. The summed E-state index contributed by atoms with van der Waals surface area (Å²) in [5.74, 6) is -2.28. The van der Waals surface area contributed by atoms with Crippen LogP contribution in [0.5, 0.6) is 0 Å². The van der Waals surface area contributed by atoms with Crippen molar-refractivity contribution in [2.45, 2.75) is 38.1 Å². The molecule has 4 nitrogen and oxygen atoms in total. The van der Waals surface area contributed by atoms with Crippen molar-refractivity contribution in [1.82, 2.24) is 5.32 Å². The normalized spacial score (nSPS) is 25.1. The number of benzene rings is 1. The van der Waals surface area contributed by atoms with Crippen molar-refractivity contribution in [1.29, 1.82) is 0 Å². The highest BCUT2D eigenvalue weighted by atomic mass is 19.4. The van der Waals surface area contributed by atoms with Crippen LogP contribution in [-0.2, 0) is 16.1 Å². The van der Waals surface area contributed by atoms with E-state index in [1.807, 2.05) is 0 Å². The van der Waals surface area contributed by atoms with Crippen LogP contribution in [0, 0.1) is 0 Å². The molecule has 3 rings (SSSR count). The first-order valence-corrected chi connectivity index (χ1v) is 7.48. The second-order valence-corrected chi connectivity index (χ2v) is 6.24. The Morgan fingerprint density at radius 3 is 2.62 bits per heavy atom. The molecule has 1 aromatic rings. The summed E-state index contributed by atoms with van der Waals surface area (Å²) in [6, 6.07) is 6.54. The Morgan fingerprint density at radius 2 is 2.08 bits per heavy atom. The second-order valence-electron chi connectivity index (χ2n) is 6.24.